The Bertz CT molecular complexity index is 584. The molecule has 0 unspecified atom stereocenters. The normalized spacial score (nSPS) is 12.1. The van der Waals surface area contributed by atoms with E-state index in [9.17, 15) is 14.4 Å². The average Bonchev–Trinajstić information content (AvgIpc) is 2.45. The van der Waals surface area contributed by atoms with Gasteiger partial charge in [-0.3, -0.25) is 19.3 Å². The van der Waals surface area contributed by atoms with Crippen molar-refractivity contribution in [2.75, 3.05) is 18.9 Å². The van der Waals surface area contributed by atoms with Crippen LogP contribution in [0.4, 0.5) is 5.69 Å². The molecule has 6 heteroatoms. The number of amides is 2. The number of Topliss-reactive ketones (excluding diaryl/α,β-unsaturated/α-hetero) is 1. The minimum absolute atomic E-state index is 0.0587. The van der Waals surface area contributed by atoms with Crippen molar-refractivity contribution < 1.29 is 14.4 Å². The number of hydrogen-bond donors (Lipinski definition) is 2. The maximum Gasteiger partial charge on any atom is 0.241 e. The van der Waals surface area contributed by atoms with Crippen molar-refractivity contribution in [1.29, 1.82) is 0 Å². The van der Waals surface area contributed by atoms with Crippen molar-refractivity contribution in [3.63, 3.8) is 0 Å². The van der Waals surface area contributed by atoms with Gasteiger partial charge in [-0.15, -0.1) is 0 Å². The summed E-state index contributed by atoms with van der Waals surface area (Å²) in [5.41, 5.74) is 1.11. The minimum atomic E-state index is -0.478. The lowest BCUT2D eigenvalue weighted by molar-refractivity contribution is -0.125. The summed E-state index contributed by atoms with van der Waals surface area (Å²) in [6.07, 6.45) is 0. The number of carbonyl (C=O) groups is 3. The van der Waals surface area contributed by atoms with E-state index in [2.05, 4.69) is 10.6 Å². The van der Waals surface area contributed by atoms with Gasteiger partial charge in [-0.25, -0.2) is 0 Å². The SMILES string of the molecule is CC(=O)c1cccc(NC(=O)[C@@H](C)N(C)CC(=O)NC(C)C)c1. The second-order valence-corrected chi connectivity index (χ2v) is 5.94. The molecule has 2 amide bonds. The van der Waals surface area contributed by atoms with Crippen LogP contribution >= 0.6 is 0 Å². The van der Waals surface area contributed by atoms with Crippen molar-refractivity contribution in [2.24, 2.45) is 0 Å². The average molecular weight is 319 g/mol. The van der Waals surface area contributed by atoms with Crippen molar-refractivity contribution in [2.45, 2.75) is 39.8 Å². The molecule has 0 heterocycles. The van der Waals surface area contributed by atoms with E-state index in [4.69, 9.17) is 0 Å². The number of nitrogens with zero attached hydrogens (tertiary/aromatic N) is 1. The highest BCUT2D eigenvalue weighted by Crippen LogP contribution is 2.12. The Morgan fingerprint density at radius 1 is 1.17 bits per heavy atom. The highest BCUT2D eigenvalue weighted by molar-refractivity contribution is 5.98. The molecule has 0 fully saturated rings. The van der Waals surface area contributed by atoms with Crippen molar-refractivity contribution in [3.05, 3.63) is 29.8 Å². The Balaban J connectivity index is 2.64. The molecule has 2 N–H and O–H groups in total. The summed E-state index contributed by atoms with van der Waals surface area (Å²) in [5, 5.41) is 5.55. The Labute approximate surface area is 137 Å². The van der Waals surface area contributed by atoms with E-state index in [1.807, 2.05) is 13.8 Å². The standard InChI is InChI=1S/C17H25N3O3/c1-11(2)18-16(22)10-20(5)12(3)17(23)19-15-8-6-7-14(9-15)13(4)21/h6-9,11-12H,10H2,1-5H3,(H,18,22)(H,19,23)/t12-/m1/s1. The number of anilines is 1. The lowest BCUT2D eigenvalue weighted by atomic mass is 10.1. The van der Waals surface area contributed by atoms with Gasteiger partial charge in [-0.2, -0.15) is 0 Å². The van der Waals surface area contributed by atoms with Crippen LogP contribution in [0.15, 0.2) is 24.3 Å². The fourth-order valence-corrected chi connectivity index (χ4v) is 1.99. The number of ketones is 1. The molecule has 0 aliphatic carbocycles. The Hall–Kier alpha value is -2.21. The van der Waals surface area contributed by atoms with Gasteiger partial charge < -0.3 is 10.6 Å². The second kappa shape index (κ2) is 8.43. The molecule has 0 spiro atoms. The van der Waals surface area contributed by atoms with Crippen LogP contribution in [0, 0.1) is 0 Å². The molecular formula is C17H25N3O3. The maximum atomic E-state index is 12.3. The zero-order valence-corrected chi connectivity index (χ0v) is 14.3. The van der Waals surface area contributed by atoms with Crippen LogP contribution in [0.2, 0.25) is 0 Å². The van der Waals surface area contributed by atoms with Gasteiger partial charge in [0.2, 0.25) is 11.8 Å². The molecule has 0 bridgehead atoms. The quantitative estimate of drug-likeness (QED) is 0.749. The summed E-state index contributed by atoms with van der Waals surface area (Å²) < 4.78 is 0. The summed E-state index contributed by atoms with van der Waals surface area (Å²) in [7, 11) is 1.72. The number of rotatable bonds is 7. The largest absolute Gasteiger partial charge is 0.353 e. The summed E-state index contributed by atoms with van der Waals surface area (Å²) in [4.78, 5) is 37.1. The summed E-state index contributed by atoms with van der Waals surface area (Å²) in [6.45, 7) is 7.11. The molecule has 0 radical (unpaired) electrons. The van der Waals surface area contributed by atoms with Gasteiger partial charge in [0.15, 0.2) is 5.78 Å². The van der Waals surface area contributed by atoms with Crippen LogP contribution in [-0.2, 0) is 9.59 Å². The Kier molecular flexibility index (Phi) is 6.90. The van der Waals surface area contributed by atoms with Gasteiger partial charge in [0.05, 0.1) is 12.6 Å². The molecule has 0 aromatic heterocycles. The third kappa shape index (κ3) is 6.20. The molecule has 1 atom stereocenters. The first kappa shape index (κ1) is 18.8. The summed E-state index contributed by atoms with van der Waals surface area (Å²) >= 11 is 0. The Morgan fingerprint density at radius 3 is 2.39 bits per heavy atom. The van der Waals surface area contributed by atoms with Crippen LogP contribution in [0.1, 0.15) is 38.1 Å². The summed E-state index contributed by atoms with van der Waals surface area (Å²) in [6, 6.07) is 6.37. The van der Waals surface area contributed by atoms with E-state index >= 15 is 0 Å². The molecule has 1 aromatic rings. The molecule has 0 aliphatic rings. The van der Waals surface area contributed by atoms with Crippen LogP contribution in [-0.4, -0.2) is 48.2 Å². The fourth-order valence-electron chi connectivity index (χ4n) is 1.99. The lowest BCUT2D eigenvalue weighted by Crippen LogP contribution is -2.45. The molecule has 0 saturated heterocycles. The molecule has 0 aliphatic heterocycles. The van der Waals surface area contributed by atoms with Gasteiger partial charge in [0.1, 0.15) is 0 Å². The number of likely N-dealkylation sites (N-methyl/N-ethyl adjacent to an activating group) is 1. The van der Waals surface area contributed by atoms with Crippen molar-refractivity contribution in [1.82, 2.24) is 10.2 Å². The smallest absolute Gasteiger partial charge is 0.241 e. The highest BCUT2D eigenvalue weighted by Gasteiger charge is 2.20. The van der Waals surface area contributed by atoms with Gasteiger partial charge in [0, 0.05) is 17.3 Å². The zero-order chi connectivity index (χ0) is 17.6. The summed E-state index contributed by atoms with van der Waals surface area (Å²) in [5.74, 6) is -0.414. The van der Waals surface area contributed by atoms with Gasteiger partial charge in [0.25, 0.3) is 0 Å². The fraction of sp³-hybridized carbons (Fsp3) is 0.471. The first-order valence-electron chi connectivity index (χ1n) is 7.62. The van der Waals surface area contributed by atoms with Gasteiger partial charge >= 0.3 is 0 Å². The number of hydrogen-bond acceptors (Lipinski definition) is 4. The molecule has 126 valence electrons. The zero-order valence-electron chi connectivity index (χ0n) is 14.3. The van der Waals surface area contributed by atoms with E-state index in [-0.39, 0.29) is 30.2 Å². The number of nitrogens with one attached hydrogen (secondary N) is 2. The molecule has 23 heavy (non-hydrogen) atoms. The van der Waals surface area contributed by atoms with Crippen LogP contribution in [0.25, 0.3) is 0 Å². The highest BCUT2D eigenvalue weighted by atomic mass is 16.2. The van der Waals surface area contributed by atoms with Crippen LogP contribution in [0.5, 0.6) is 0 Å². The van der Waals surface area contributed by atoms with Crippen LogP contribution < -0.4 is 10.6 Å². The van der Waals surface area contributed by atoms with Gasteiger partial charge in [-0.05, 0) is 46.9 Å². The Morgan fingerprint density at radius 2 is 1.83 bits per heavy atom. The van der Waals surface area contributed by atoms with Gasteiger partial charge in [-0.1, -0.05) is 12.1 Å². The van der Waals surface area contributed by atoms with E-state index in [0.717, 1.165) is 0 Å². The van der Waals surface area contributed by atoms with Crippen LogP contribution in [0.3, 0.4) is 0 Å². The predicted molar refractivity (Wildman–Crippen MR) is 90.4 cm³/mol. The van der Waals surface area contributed by atoms with E-state index in [0.29, 0.717) is 11.3 Å². The topological polar surface area (TPSA) is 78.5 Å². The molecular weight excluding hydrogens is 294 g/mol. The minimum Gasteiger partial charge on any atom is -0.353 e. The predicted octanol–water partition coefficient (Wildman–Crippen LogP) is 1.67. The third-order valence-corrected chi connectivity index (χ3v) is 3.42. The molecule has 1 aromatic carbocycles. The number of benzene rings is 1. The van der Waals surface area contributed by atoms with Crippen molar-refractivity contribution >= 4 is 23.3 Å². The third-order valence-electron chi connectivity index (χ3n) is 3.42. The first-order valence-corrected chi connectivity index (χ1v) is 7.62. The molecule has 1 rings (SSSR count). The van der Waals surface area contributed by atoms with E-state index in [1.54, 1.807) is 43.1 Å². The van der Waals surface area contributed by atoms with E-state index in [1.165, 1.54) is 6.92 Å². The maximum absolute atomic E-state index is 12.3. The first-order chi connectivity index (χ1) is 10.7. The molecule has 6 nitrogen and oxygen atoms in total. The monoisotopic (exact) mass is 319 g/mol. The molecule has 0 saturated carbocycles. The number of carbonyl (C=O) groups excluding carboxylic acids is 3. The van der Waals surface area contributed by atoms with Crippen molar-refractivity contribution in [3.8, 4) is 0 Å². The van der Waals surface area contributed by atoms with E-state index < -0.39 is 6.04 Å². The second-order valence-electron chi connectivity index (χ2n) is 5.94. The lowest BCUT2D eigenvalue weighted by Gasteiger charge is -2.23.